The Balaban J connectivity index is 2.55. The number of aliphatic hydroxyl groups excluding tert-OH is 3. The number of hydrogen-bond donors (Lipinski definition) is 4. The van der Waals surface area contributed by atoms with E-state index in [1.54, 1.807) is 6.92 Å². The highest BCUT2D eigenvalue weighted by Crippen LogP contribution is 2.25. The molecule has 1 saturated heterocycles. The molecule has 0 aromatic heterocycles. The lowest BCUT2D eigenvalue weighted by atomic mass is 9.99. The van der Waals surface area contributed by atoms with Gasteiger partial charge in [-0.2, -0.15) is 0 Å². The van der Waals surface area contributed by atoms with Gasteiger partial charge in [0.15, 0.2) is 6.29 Å². The van der Waals surface area contributed by atoms with Crippen molar-refractivity contribution in [2.45, 2.75) is 141 Å². The van der Waals surface area contributed by atoms with E-state index in [2.05, 4.69) is 6.92 Å². The minimum absolute atomic E-state index is 0.124. The second kappa shape index (κ2) is 16.4. The SMILES string of the molecule is CCCCCCCCCCC[C@H](CC(=O)O[C@H](C)CC(=O)O)O[C@@H]1O[C@@H](C)[C@H](O)[C@@H](O)[C@H]1O. The van der Waals surface area contributed by atoms with E-state index in [1.807, 2.05) is 0 Å². The van der Waals surface area contributed by atoms with Crippen molar-refractivity contribution in [2.75, 3.05) is 0 Å². The quantitative estimate of drug-likeness (QED) is 0.184. The van der Waals surface area contributed by atoms with Gasteiger partial charge >= 0.3 is 11.9 Å². The number of aliphatic hydroxyl groups is 3. The first kappa shape index (κ1) is 29.8. The fourth-order valence-electron chi connectivity index (χ4n) is 3.96. The summed E-state index contributed by atoms with van der Waals surface area (Å²) in [6, 6.07) is 0. The molecule has 9 heteroatoms. The van der Waals surface area contributed by atoms with Crippen LogP contribution in [0, 0.1) is 0 Å². The molecule has 0 unspecified atom stereocenters. The molecule has 0 aromatic rings. The minimum Gasteiger partial charge on any atom is -0.481 e. The molecule has 0 bridgehead atoms. The molecule has 33 heavy (non-hydrogen) atoms. The van der Waals surface area contributed by atoms with Crippen molar-refractivity contribution in [1.29, 1.82) is 0 Å². The molecule has 9 nitrogen and oxygen atoms in total. The molecule has 1 aliphatic heterocycles. The van der Waals surface area contributed by atoms with E-state index in [9.17, 15) is 24.9 Å². The molecule has 0 amide bonds. The monoisotopic (exact) mass is 476 g/mol. The molecule has 1 heterocycles. The van der Waals surface area contributed by atoms with Crippen molar-refractivity contribution in [3.05, 3.63) is 0 Å². The minimum atomic E-state index is -1.45. The van der Waals surface area contributed by atoms with E-state index < -0.39 is 54.9 Å². The van der Waals surface area contributed by atoms with Crippen LogP contribution in [0.2, 0.25) is 0 Å². The number of esters is 1. The molecule has 1 rings (SSSR count). The smallest absolute Gasteiger partial charge is 0.308 e. The van der Waals surface area contributed by atoms with Crippen LogP contribution in [-0.2, 0) is 23.8 Å². The van der Waals surface area contributed by atoms with Crippen LogP contribution in [0.25, 0.3) is 0 Å². The van der Waals surface area contributed by atoms with Gasteiger partial charge in [0.25, 0.3) is 0 Å². The molecule has 0 saturated carbocycles. The van der Waals surface area contributed by atoms with Gasteiger partial charge in [-0.25, -0.2) is 0 Å². The molecular weight excluding hydrogens is 432 g/mol. The van der Waals surface area contributed by atoms with Crippen molar-refractivity contribution in [3.8, 4) is 0 Å². The third kappa shape index (κ3) is 12.1. The average Bonchev–Trinajstić information content (AvgIpc) is 2.73. The lowest BCUT2D eigenvalue weighted by molar-refractivity contribution is -0.304. The van der Waals surface area contributed by atoms with Crippen molar-refractivity contribution in [2.24, 2.45) is 0 Å². The highest BCUT2D eigenvalue weighted by molar-refractivity contribution is 5.71. The molecule has 0 aromatic carbocycles. The third-order valence-electron chi connectivity index (χ3n) is 5.95. The zero-order chi connectivity index (χ0) is 24.8. The summed E-state index contributed by atoms with van der Waals surface area (Å²) in [5.41, 5.74) is 0. The van der Waals surface area contributed by atoms with Gasteiger partial charge in [0.2, 0.25) is 0 Å². The summed E-state index contributed by atoms with van der Waals surface area (Å²) >= 11 is 0. The fraction of sp³-hybridized carbons (Fsp3) is 0.917. The number of hydrogen-bond acceptors (Lipinski definition) is 8. The van der Waals surface area contributed by atoms with Gasteiger partial charge in [-0.1, -0.05) is 64.7 Å². The Bertz CT molecular complexity index is 556. The van der Waals surface area contributed by atoms with Gasteiger partial charge in [0.05, 0.1) is 25.0 Å². The van der Waals surface area contributed by atoms with Crippen molar-refractivity contribution in [1.82, 2.24) is 0 Å². The summed E-state index contributed by atoms with van der Waals surface area (Å²) in [6.07, 6.45) is 2.95. The van der Waals surface area contributed by atoms with Crippen LogP contribution in [0.1, 0.15) is 97.8 Å². The molecule has 0 aliphatic carbocycles. The van der Waals surface area contributed by atoms with Gasteiger partial charge in [-0.3, -0.25) is 9.59 Å². The van der Waals surface area contributed by atoms with E-state index in [1.165, 1.54) is 39.0 Å². The predicted molar refractivity (Wildman–Crippen MR) is 121 cm³/mol. The second-order valence-electron chi connectivity index (χ2n) is 9.16. The maximum Gasteiger partial charge on any atom is 0.308 e. The second-order valence-corrected chi connectivity index (χ2v) is 9.16. The van der Waals surface area contributed by atoms with E-state index >= 15 is 0 Å². The maximum atomic E-state index is 12.3. The zero-order valence-electron chi connectivity index (χ0n) is 20.4. The Morgan fingerprint density at radius 1 is 0.879 bits per heavy atom. The Morgan fingerprint density at radius 3 is 2.03 bits per heavy atom. The Labute approximate surface area is 197 Å². The van der Waals surface area contributed by atoms with E-state index in [4.69, 9.17) is 19.3 Å². The summed E-state index contributed by atoms with van der Waals surface area (Å²) in [5, 5.41) is 39.0. The first-order valence-electron chi connectivity index (χ1n) is 12.4. The average molecular weight is 477 g/mol. The lowest BCUT2D eigenvalue weighted by Crippen LogP contribution is -2.58. The van der Waals surface area contributed by atoms with Crippen LogP contribution in [0.3, 0.4) is 0 Å². The molecular formula is C24H44O9. The van der Waals surface area contributed by atoms with Gasteiger partial charge in [0, 0.05) is 0 Å². The largest absolute Gasteiger partial charge is 0.481 e. The molecule has 7 atom stereocenters. The zero-order valence-corrected chi connectivity index (χ0v) is 20.4. The van der Waals surface area contributed by atoms with Crippen LogP contribution < -0.4 is 0 Å². The first-order chi connectivity index (χ1) is 15.6. The summed E-state index contributed by atoms with van der Waals surface area (Å²) < 4.78 is 16.5. The lowest BCUT2D eigenvalue weighted by Gasteiger charge is -2.40. The van der Waals surface area contributed by atoms with E-state index in [-0.39, 0.29) is 12.8 Å². The first-order valence-corrected chi connectivity index (χ1v) is 12.4. The molecule has 0 radical (unpaired) electrons. The maximum absolute atomic E-state index is 12.3. The molecule has 1 aliphatic rings. The Kier molecular flexibility index (Phi) is 14.8. The number of aliphatic carboxylic acids is 1. The standard InChI is InChI=1S/C24H44O9/c1-4-5-6-7-8-9-10-11-12-13-18(15-20(27)31-16(2)14-19(25)26)33-24-23(30)22(29)21(28)17(3)32-24/h16-18,21-24,28-30H,4-15H2,1-3H3,(H,25,26)/t16-,17+,18-,21+,22-,23-,24+/m1/s1. The Morgan fingerprint density at radius 2 is 1.45 bits per heavy atom. The van der Waals surface area contributed by atoms with Crippen molar-refractivity contribution >= 4 is 11.9 Å². The summed E-state index contributed by atoms with van der Waals surface area (Å²) in [6.45, 7) is 5.27. The third-order valence-corrected chi connectivity index (χ3v) is 5.95. The summed E-state index contributed by atoms with van der Waals surface area (Å²) in [5.74, 6) is -1.65. The number of unbranched alkanes of at least 4 members (excludes halogenated alkanes) is 8. The molecule has 0 spiro atoms. The van der Waals surface area contributed by atoms with Crippen molar-refractivity contribution in [3.63, 3.8) is 0 Å². The topological polar surface area (TPSA) is 143 Å². The van der Waals surface area contributed by atoms with Gasteiger partial charge in [-0.05, 0) is 20.3 Å². The number of ether oxygens (including phenoxy) is 3. The number of rotatable bonds is 17. The normalized spacial score (nSPS) is 27.2. The van der Waals surface area contributed by atoms with Crippen LogP contribution >= 0.6 is 0 Å². The number of carbonyl (C=O) groups excluding carboxylic acids is 1. The van der Waals surface area contributed by atoms with Crippen molar-refractivity contribution < 1.29 is 44.2 Å². The van der Waals surface area contributed by atoms with Crippen LogP contribution in [0.5, 0.6) is 0 Å². The molecule has 4 N–H and O–H groups in total. The number of carboxylic acid groups (broad SMARTS) is 1. The van der Waals surface area contributed by atoms with E-state index in [0.717, 1.165) is 25.7 Å². The predicted octanol–water partition coefficient (Wildman–Crippen LogP) is 2.92. The van der Waals surface area contributed by atoms with Crippen LogP contribution in [0.4, 0.5) is 0 Å². The molecule has 1 fully saturated rings. The van der Waals surface area contributed by atoms with Gasteiger partial charge in [0.1, 0.15) is 24.4 Å². The fourth-order valence-corrected chi connectivity index (χ4v) is 3.96. The molecule has 194 valence electrons. The highest BCUT2D eigenvalue weighted by atomic mass is 16.7. The van der Waals surface area contributed by atoms with Gasteiger partial charge < -0.3 is 34.6 Å². The van der Waals surface area contributed by atoms with Crippen LogP contribution in [-0.4, -0.2) is 75.3 Å². The number of carboxylic acids is 1. The Hall–Kier alpha value is -1.26. The number of carbonyl (C=O) groups is 2. The van der Waals surface area contributed by atoms with Crippen LogP contribution in [0.15, 0.2) is 0 Å². The summed E-state index contributed by atoms with van der Waals surface area (Å²) in [7, 11) is 0. The highest BCUT2D eigenvalue weighted by Gasteiger charge is 2.43. The summed E-state index contributed by atoms with van der Waals surface area (Å²) in [4.78, 5) is 23.1. The van der Waals surface area contributed by atoms with E-state index in [0.29, 0.717) is 6.42 Å². The van der Waals surface area contributed by atoms with Gasteiger partial charge in [-0.15, -0.1) is 0 Å².